The summed E-state index contributed by atoms with van der Waals surface area (Å²) in [6.45, 7) is 7.89. The average Bonchev–Trinajstić information content (AvgIpc) is 2.94. The van der Waals surface area contributed by atoms with Gasteiger partial charge in [0.2, 0.25) is 0 Å². The molecule has 3 rings (SSSR count). The lowest BCUT2D eigenvalue weighted by Gasteiger charge is -2.59. The summed E-state index contributed by atoms with van der Waals surface area (Å²) in [7, 11) is 0. The molecule has 2 saturated carbocycles. The third-order valence-corrected chi connectivity index (χ3v) is 7.74. The van der Waals surface area contributed by atoms with Gasteiger partial charge < -0.3 is 9.47 Å². The van der Waals surface area contributed by atoms with Crippen LogP contribution in [0.5, 0.6) is 0 Å². The Morgan fingerprint density at radius 1 is 1.18 bits per heavy atom. The highest BCUT2D eigenvalue weighted by molar-refractivity contribution is 6.30. The first kappa shape index (κ1) is 17.0. The van der Waals surface area contributed by atoms with Gasteiger partial charge in [-0.3, -0.25) is 4.79 Å². The van der Waals surface area contributed by atoms with Gasteiger partial charge in [0.25, 0.3) is 0 Å². The molecule has 3 aliphatic rings. The third kappa shape index (κ3) is 2.62. The Labute approximate surface area is 143 Å². The minimum atomic E-state index is -0.241. The lowest BCUT2D eigenvalue weighted by atomic mass is 9.47. The molecule has 0 N–H and O–H groups in total. The molecule has 0 spiro atoms. The quantitative estimate of drug-likeness (QED) is 0.707. The molecule has 0 aromatic carbocycles. The maximum Gasteiger partial charge on any atom is 0.158 e. The fourth-order valence-electron chi connectivity index (χ4n) is 5.23. The van der Waals surface area contributed by atoms with Crippen molar-refractivity contribution in [3.63, 3.8) is 0 Å². The van der Waals surface area contributed by atoms with Crippen LogP contribution in [-0.4, -0.2) is 36.0 Å². The molecule has 5 atom stereocenters. The number of alkyl halides is 2. The molecule has 0 bridgehead atoms. The number of Topliss-reactive ketones (excluding diaryl/α,β-unsaturated/α-hetero) is 1. The standard InChI is InChI=1S/C17H26Cl2O3/c1-16(2)13-5-4-12(20)10(8-14-21-6-7-22-14)17(13,3)9-11(18)15(16)19/h10-11,13-15H,4-9H2,1-3H3/t10-,11-,13-,15+,17+/m0/s1. The van der Waals surface area contributed by atoms with Crippen molar-refractivity contribution in [2.45, 2.75) is 63.5 Å². The van der Waals surface area contributed by atoms with Crippen LogP contribution >= 0.6 is 23.2 Å². The number of hydrogen-bond donors (Lipinski definition) is 0. The molecule has 1 aliphatic heterocycles. The van der Waals surface area contributed by atoms with E-state index in [1.54, 1.807) is 0 Å². The largest absolute Gasteiger partial charge is 0.350 e. The number of carbonyl (C=O) groups excluding carboxylic acids is 1. The Morgan fingerprint density at radius 3 is 2.45 bits per heavy atom. The van der Waals surface area contributed by atoms with Gasteiger partial charge in [0.15, 0.2) is 6.29 Å². The van der Waals surface area contributed by atoms with Gasteiger partial charge in [-0.1, -0.05) is 20.8 Å². The summed E-state index contributed by atoms with van der Waals surface area (Å²) in [5.41, 5.74) is -0.191. The topological polar surface area (TPSA) is 35.5 Å². The molecule has 2 aliphatic carbocycles. The van der Waals surface area contributed by atoms with E-state index in [0.29, 0.717) is 37.8 Å². The first-order valence-corrected chi connectivity index (χ1v) is 9.18. The van der Waals surface area contributed by atoms with E-state index in [1.165, 1.54) is 0 Å². The second-order valence-corrected chi connectivity index (χ2v) is 9.00. The fraction of sp³-hybridized carbons (Fsp3) is 0.941. The molecule has 0 amide bonds. The fourth-order valence-corrected chi connectivity index (χ4v) is 6.12. The van der Waals surface area contributed by atoms with Crippen LogP contribution in [0.1, 0.15) is 46.5 Å². The lowest BCUT2D eigenvalue weighted by molar-refractivity contribution is -0.152. The highest BCUT2D eigenvalue weighted by Crippen LogP contribution is 2.62. The van der Waals surface area contributed by atoms with Crippen LogP contribution < -0.4 is 0 Å². The van der Waals surface area contributed by atoms with Crippen molar-refractivity contribution in [2.75, 3.05) is 13.2 Å². The molecule has 0 aromatic rings. The summed E-state index contributed by atoms with van der Waals surface area (Å²) >= 11 is 13.2. The lowest BCUT2D eigenvalue weighted by Crippen LogP contribution is -2.59. The molecule has 0 unspecified atom stereocenters. The van der Waals surface area contributed by atoms with Crippen LogP contribution in [0.3, 0.4) is 0 Å². The highest BCUT2D eigenvalue weighted by atomic mass is 35.5. The van der Waals surface area contributed by atoms with Gasteiger partial charge in [-0.2, -0.15) is 0 Å². The summed E-state index contributed by atoms with van der Waals surface area (Å²) in [5.74, 6) is 0.700. The van der Waals surface area contributed by atoms with Crippen molar-refractivity contribution >= 4 is 29.0 Å². The third-order valence-electron chi connectivity index (χ3n) is 6.34. The summed E-state index contributed by atoms with van der Waals surface area (Å²) in [6.07, 6.45) is 2.75. The normalized spacial score (nSPS) is 45.8. The minimum absolute atomic E-state index is 0.0426. The predicted octanol–water partition coefficient (Wildman–Crippen LogP) is 4.00. The van der Waals surface area contributed by atoms with Crippen molar-refractivity contribution < 1.29 is 14.3 Å². The summed E-state index contributed by atoms with van der Waals surface area (Å²) in [6, 6.07) is 0. The van der Waals surface area contributed by atoms with Gasteiger partial charge in [0.1, 0.15) is 5.78 Å². The van der Waals surface area contributed by atoms with E-state index in [1.807, 2.05) is 0 Å². The molecule has 1 heterocycles. The zero-order valence-electron chi connectivity index (χ0n) is 13.6. The van der Waals surface area contributed by atoms with E-state index < -0.39 is 0 Å². The van der Waals surface area contributed by atoms with Gasteiger partial charge in [0, 0.05) is 18.8 Å². The van der Waals surface area contributed by atoms with Crippen LogP contribution in [0.4, 0.5) is 0 Å². The van der Waals surface area contributed by atoms with E-state index in [4.69, 9.17) is 32.7 Å². The SMILES string of the molecule is CC1(C)[C@H](Cl)[C@@H](Cl)C[C@]2(C)[C@@H](CC3OCCO3)C(=O)CC[C@@H]12. The van der Waals surface area contributed by atoms with Gasteiger partial charge in [-0.25, -0.2) is 0 Å². The second-order valence-electron chi connectivity index (χ2n) is 7.97. The molecule has 0 aromatic heterocycles. The number of ketones is 1. The predicted molar refractivity (Wildman–Crippen MR) is 87.3 cm³/mol. The van der Waals surface area contributed by atoms with Gasteiger partial charge in [0.05, 0.1) is 24.0 Å². The summed E-state index contributed by atoms with van der Waals surface area (Å²) < 4.78 is 11.2. The summed E-state index contributed by atoms with van der Waals surface area (Å²) in [4.78, 5) is 12.7. The first-order chi connectivity index (χ1) is 10.3. The van der Waals surface area contributed by atoms with E-state index in [2.05, 4.69) is 20.8 Å². The van der Waals surface area contributed by atoms with Crippen LogP contribution in [0.2, 0.25) is 0 Å². The van der Waals surface area contributed by atoms with E-state index >= 15 is 0 Å². The first-order valence-electron chi connectivity index (χ1n) is 8.31. The zero-order chi connectivity index (χ0) is 16.1. The van der Waals surface area contributed by atoms with Crippen LogP contribution in [0.15, 0.2) is 0 Å². The van der Waals surface area contributed by atoms with Crippen LogP contribution in [0, 0.1) is 22.7 Å². The van der Waals surface area contributed by atoms with Crippen molar-refractivity contribution in [3.8, 4) is 0 Å². The molecule has 3 fully saturated rings. The van der Waals surface area contributed by atoms with E-state index in [-0.39, 0.29) is 33.8 Å². The average molecular weight is 349 g/mol. The van der Waals surface area contributed by atoms with Gasteiger partial charge >= 0.3 is 0 Å². The van der Waals surface area contributed by atoms with Gasteiger partial charge in [-0.05, 0) is 29.6 Å². The molecular weight excluding hydrogens is 323 g/mol. The van der Waals surface area contributed by atoms with Crippen LogP contribution in [0.25, 0.3) is 0 Å². The Hall–Kier alpha value is 0.170. The number of halogens is 2. The monoisotopic (exact) mass is 348 g/mol. The Balaban J connectivity index is 1.90. The molecule has 5 heteroatoms. The zero-order valence-corrected chi connectivity index (χ0v) is 15.1. The number of ether oxygens (including phenoxy) is 2. The Kier molecular flexibility index (Phi) is 4.57. The maximum atomic E-state index is 12.7. The van der Waals surface area contributed by atoms with E-state index in [0.717, 1.165) is 12.8 Å². The number of rotatable bonds is 2. The molecular formula is C17H26Cl2O3. The Bertz CT molecular complexity index is 447. The number of carbonyl (C=O) groups is 1. The van der Waals surface area contributed by atoms with Crippen molar-refractivity contribution in [1.82, 2.24) is 0 Å². The number of hydrogen-bond acceptors (Lipinski definition) is 3. The van der Waals surface area contributed by atoms with Crippen molar-refractivity contribution in [1.29, 1.82) is 0 Å². The minimum Gasteiger partial charge on any atom is -0.350 e. The van der Waals surface area contributed by atoms with Crippen LogP contribution in [-0.2, 0) is 14.3 Å². The number of fused-ring (bicyclic) bond motifs is 1. The Morgan fingerprint density at radius 2 is 1.82 bits per heavy atom. The molecule has 3 nitrogen and oxygen atoms in total. The molecule has 0 radical (unpaired) electrons. The summed E-state index contributed by atoms with van der Waals surface area (Å²) in [5, 5.41) is -0.156. The highest BCUT2D eigenvalue weighted by Gasteiger charge is 2.60. The molecule has 1 saturated heterocycles. The molecule has 22 heavy (non-hydrogen) atoms. The van der Waals surface area contributed by atoms with Crippen molar-refractivity contribution in [2.24, 2.45) is 22.7 Å². The smallest absolute Gasteiger partial charge is 0.158 e. The molecule has 126 valence electrons. The second kappa shape index (κ2) is 5.91. The van der Waals surface area contributed by atoms with E-state index in [9.17, 15) is 4.79 Å². The maximum absolute atomic E-state index is 12.7. The van der Waals surface area contributed by atoms with Crippen molar-refractivity contribution in [3.05, 3.63) is 0 Å². The van der Waals surface area contributed by atoms with Gasteiger partial charge in [-0.15, -0.1) is 23.2 Å².